The van der Waals surface area contributed by atoms with Crippen molar-refractivity contribution in [1.29, 1.82) is 0 Å². The van der Waals surface area contributed by atoms with Gasteiger partial charge >= 0.3 is 0 Å². The number of rotatable bonds is 3. The number of aliphatic hydroxyl groups is 1. The van der Waals surface area contributed by atoms with Crippen LogP contribution >= 0.6 is 27.5 Å². The minimum atomic E-state index is -0.787. The topological polar surface area (TPSA) is 23.5 Å². The average molecular weight is 399 g/mol. The van der Waals surface area contributed by atoms with Gasteiger partial charge in [0, 0.05) is 24.7 Å². The molecule has 1 fully saturated rings. The third kappa shape index (κ3) is 3.94. The molecule has 0 saturated carbocycles. The monoisotopic (exact) mass is 397 g/mol. The van der Waals surface area contributed by atoms with Crippen LogP contribution in [0, 0.1) is 5.82 Å². The quantitative estimate of drug-likeness (QED) is 0.808. The molecular formula is C18H18BrClFNO. The number of halogens is 3. The zero-order valence-corrected chi connectivity index (χ0v) is 14.9. The van der Waals surface area contributed by atoms with Crippen LogP contribution in [-0.2, 0) is 12.1 Å². The number of hydrogen-bond acceptors (Lipinski definition) is 2. The summed E-state index contributed by atoms with van der Waals surface area (Å²) in [6.45, 7) is 2.36. The van der Waals surface area contributed by atoms with E-state index in [-0.39, 0.29) is 5.82 Å². The first-order valence-electron chi connectivity index (χ1n) is 7.61. The summed E-state index contributed by atoms with van der Waals surface area (Å²) in [5.74, 6) is -0.246. The van der Waals surface area contributed by atoms with Crippen LogP contribution in [0.25, 0.3) is 0 Å². The van der Waals surface area contributed by atoms with E-state index in [1.54, 1.807) is 6.07 Å². The van der Waals surface area contributed by atoms with Gasteiger partial charge in [-0.2, -0.15) is 0 Å². The van der Waals surface area contributed by atoms with E-state index < -0.39 is 5.60 Å². The maximum absolute atomic E-state index is 13.3. The van der Waals surface area contributed by atoms with Crippen LogP contribution in [0.3, 0.4) is 0 Å². The molecule has 0 aromatic heterocycles. The second kappa shape index (κ2) is 6.89. The summed E-state index contributed by atoms with van der Waals surface area (Å²) in [7, 11) is 0. The highest BCUT2D eigenvalue weighted by Gasteiger charge is 2.33. The Morgan fingerprint density at radius 2 is 1.78 bits per heavy atom. The Labute approximate surface area is 149 Å². The molecule has 23 heavy (non-hydrogen) atoms. The van der Waals surface area contributed by atoms with Gasteiger partial charge in [-0.05, 0) is 64.2 Å². The van der Waals surface area contributed by atoms with Gasteiger partial charge in [-0.25, -0.2) is 4.39 Å². The minimum Gasteiger partial charge on any atom is -0.385 e. The van der Waals surface area contributed by atoms with Crippen molar-refractivity contribution in [3.8, 4) is 0 Å². The predicted molar refractivity (Wildman–Crippen MR) is 94.0 cm³/mol. The fraction of sp³-hybridized carbons (Fsp3) is 0.333. The van der Waals surface area contributed by atoms with E-state index in [1.165, 1.54) is 6.07 Å². The number of nitrogens with zero attached hydrogens (tertiary/aromatic N) is 1. The first-order chi connectivity index (χ1) is 11.0. The molecule has 2 aromatic carbocycles. The zero-order valence-electron chi connectivity index (χ0n) is 12.6. The van der Waals surface area contributed by atoms with E-state index in [2.05, 4.69) is 20.8 Å². The van der Waals surface area contributed by atoms with Crippen LogP contribution in [-0.4, -0.2) is 23.1 Å². The summed E-state index contributed by atoms with van der Waals surface area (Å²) in [6, 6.07) is 12.5. The molecule has 5 heteroatoms. The third-order valence-corrected chi connectivity index (χ3v) is 5.31. The fourth-order valence-corrected chi connectivity index (χ4v) is 3.58. The molecule has 0 radical (unpaired) electrons. The van der Waals surface area contributed by atoms with Gasteiger partial charge in [0.05, 0.1) is 10.1 Å². The molecule has 1 aliphatic heterocycles. The lowest BCUT2D eigenvalue weighted by atomic mass is 9.84. The minimum absolute atomic E-state index is 0.246. The van der Waals surface area contributed by atoms with Crippen molar-refractivity contribution in [3.05, 3.63) is 68.9 Å². The SMILES string of the molecule is OC1(c2ccc(Cl)cc2)CCN(Cc2ccc(F)c(Br)c2)CC1. The van der Waals surface area contributed by atoms with Gasteiger partial charge in [0.2, 0.25) is 0 Å². The Kier molecular flexibility index (Phi) is 5.07. The Bertz CT molecular complexity index is 684. The molecule has 0 bridgehead atoms. The third-order valence-electron chi connectivity index (χ3n) is 4.45. The number of likely N-dealkylation sites (tertiary alicyclic amines) is 1. The Morgan fingerprint density at radius 1 is 1.13 bits per heavy atom. The van der Waals surface area contributed by atoms with Gasteiger partial charge in [-0.3, -0.25) is 4.90 Å². The first-order valence-corrected chi connectivity index (χ1v) is 8.78. The lowest BCUT2D eigenvalue weighted by Crippen LogP contribution is -2.42. The second-order valence-electron chi connectivity index (χ2n) is 6.06. The fourth-order valence-electron chi connectivity index (χ4n) is 3.03. The van der Waals surface area contributed by atoms with Gasteiger partial charge in [-0.1, -0.05) is 29.8 Å². The molecule has 1 aliphatic rings. The molecule has 3 rings (SSSR count). The van der Waals surface area contributed by atoms with Crippen molar-refractivity contribution < 1.29 is 9.50 Å². The molecular weight excluding hydrogens is 381 g/mol. The summed E-state index contributed by atoms with van der Waals surface area (Å²) >= 11 is 9.13. The summed E-state index contributed by atoms with van der Waals surface area (Å²) < 4.78 is 13.8. The Hall–Kier alpha value is -0.940. The van der Waals surface area contributed by atoms with Crippen molar-refractivity contribution in [2.75, 3.05) is 13.1 Å². The Morgan fingerprint density at radius 3 is 2.39 bits per heavy atom. The molecule has 1 N–H and O–H groups in total. The van der Waals surface area contributed by atoms with E-state index in [0.717, 1.165) is 30.8 Å². The van der Waals surface area contributed by atoms with E-state index in [0.29, 0.717) is 22.3 Å². The molecule has 0 spiro atoms. The lowest BCUT2D eigenvalue weighted by Gasteiger charge is -2.38. The molecule has 122 valence electrons. The van der Waals surface area contributed by atoms with Crippen molar-refractivity contribution in [2.45, 2.75) is 25.0 Å². The van der Waals surface area contributed by atoms with E-state index >= 15 is 0 Å². The molecule has 1 heterocycles. The van der Waals surface area contributed by atoms with Crippen molar-refractivity contribution in [2.24, 2.45) is 0 Å². The van der Waals surface area contributed by atoms with Gasteiger partial charge < -0.3 is 5.11 Å². The van der Waals surface area contributed by atoms with Crippen molar-refractivity contribution in [1.82, 2.24) is 4.90 Å². The number of hydrogen-bond donors (Lipinski definition) is 1. The highest BCUT2D eigenvalue weighted by molar-refractivity contribution is 9.10. The van der Waals surface area contributed by atoms with Crippen LogP contribution in [0.15, 0.2) is 46.9 Å². The van der Waals surface area contributed by atoms with Crippen LogP contribution in [0.5, 0.6) is 0 Å². The van der Waals surface area contributed by atoms with Crippen molar-refractivity contribution >= 4 is 27.5 Å². The molecule has 2 nitrogen and oxygen atoms in total. The second-order valence-corrected chi connectivity index (χ2v) is 7.35. The van der Waals surface area contributed by atoms with Gasteiger partial charge in [0.15, 0.2) is 0 Å². The summed E-state index contributed by atoms with van der Waals surface area (Å²) in [6.07, 6.45) is 1.36. The van der Waals surface area contributed by atoms with Crippen LogP contribution in [0.2, 0.25) is 5.02 Å². The smallest absolute Gasteiger partial charge is 0.137 e. The van der Waals surface area contributed by atoms with E-state index in [4.69, 9.17) is 11.6 Å². The van der Waals surface area contributed by atoms with E-state index in [9.17, 15) is 9.50 Å². The molecule has 0 aliphatic carbocycles. The van der Waals surface area contributed by atoms with E-state index in [1.807, 2.05) is 30.3 Å². The average Bonchev–Trinajstić information content (AvgIpc) is 2.54. The summed E-state index contributed by atoms with van der Waals surface area (Å²) in [5, 5.41) is 11.5. The summed E-state index contributed by atoms with van der Waals surface area (Å²) in [5.41, 5.74) is 1.20. The Balaban J connectivity index is 1.63. The molecule has 0 unspecified atom stereocenters. The van der Waals surface area contributed by atoms with Crippen molar-refractivity contribution in [3.63, 3.8) is 0 Å². The summed E-state index contributed by atoms with van der Waals surface area (Å²) in [4.78, 5) is 2.28. The molecule has 0 amide bonds. The maximum atomic E-state index is 13.3. The number of benzene rings is 2. The molecule has 2 aromatic rings. The lowest BCUT2D eigenvalue weighted by molar-refractivity contribution is -0.0277. The maximum Gasteiger partial charge on any atom is 0.137 e. The highest BCUT2D eigenvalue weighted by Crippen LogP contribution is 2.34. The van der Waals surface area contributed by atoms with Crippen LogP contribution in [0.1, 0.15) is 24.0 Å². The highest BCUT2D eigenvalue weighted by atomic mass is 79.9. The standard InChI is InChI=1S/C18H18BrClFNO/c19-16-11-13(1-6-17(16)21)12-22-9-7-18(23,8-10-22)14-2-4-15(20)5-3-14/h1-6,11,23H,7-10,12H2. The normalized spacial score (nSPS) is 18.1. The van der Waals surface area contributed by atoms with Gasteiger partial charge in [-0.15, -0.1) is 0 Å². The van der Waals surface area contributed by atoms with Gasteiger partial charge in [0.25, 0.3) is 0 Å². The van der Waals surface area contributed by atoms with Crippen LogP contribution < -0.4 is 0 Å². The predicted octanol–water partition coefficient (Wildman–Crippen LogP) is 4.73. The molecule has 1 saturated heterocycles. The molecule has 0 atom stereocenters. The largest absolute Gasteiger partial charge is 0.385 e. The van der Waals surface area contributed by atoms with Crippen LogP contribution in [0.4, 0.5) is 4.39 Å². The zero-order chi connectivity index (χ0) is 16.4. The van der Waals surface area contributed by atoms with Gasteiger partial charge in [0.1, 0.15) is 5.82 Å². The number of piperidine rings is 1. The first kappa shape index (κ1) is 16.9.